The minimum atomic E-state index is -1.28. The Bertz CT molecular complexity index is 616. The van der Waals surface area contributed by atoms with Gasteiger partial charge in [-0.25, -0.2) is 9.18 Å². The van der Waals surface area contributed by atoms with Crippen molar-refractivity contribution in [3.63, 3.8) is 0 Å². The number of benzene rings is 1. The van der Waals surface area contributed by atoms with Crippen molar-refractivity contribution >= 4 is 5.97 Å². The fraction of sp³-hybridized carbons (Fsp3) is 0. The van der Waals surface area contributed by atoms with E-state index in [1.54, 1.807) is 0 Å². The molecule has 0 bridgehead atoms. The molecule has 0 atom stereocenters. The Morgan fingerprint density at radius 3 is 2.29 bits per heavy atom. The van der Waals surface area contributed by atoms with E-state index in [1.165, 1.54) is 36.4 Å². The van der Waals surface area contributed by atoms with E-state index in [0.717, 1.165) is 0 Å². The summed E-state index contributed by atoms with van der Waals surface area (Å²) in [6.45, 7) is 0. The molecule has 0 aliphatic heterocycles. The molecule has 5 heteroatoms. The van der Waals surface area contributed by atoms with E-state index in [2.05, 4.69) is 4.98 Å². The minimum Gasteiger partial charge on any atom is -0.477 e. The van der Waals surface area contributed by atoms with Crippen molar-refractivity contribution in [3.8, 4) is 11.3 Å². The number of hydrogen-bond acceptors (Lipinski definition) is 2. The summed E-state index contributed by atoms with van der Waals surface area (Å²) in [4.78, 5) is 24.5. The topological polar surface area (TPSA) is 70.2 Å². The van der Waals surface area contributed by atoms with Gasteiger partial charge in [-0.05, 0) is 42.0 Å². The fourth-order valence-corrected chi connectivity index (χ4v) is 1.44. The summed E-state index contributed by atoms with van der Waals surface area (Å²) in [5, 5.41) is 8.69. The Kier molecular flexibility index (Phi) is 2.74. The quantitative estimate of drug-likeness (QED) is 0.831. The van der Waals surface area contributed by atoms with E-state index in [0.29, 0.717) is 11.3 Å². The van der Waals surface area contributed by atoms with Gasteiger partial charge in [0.1, 0.15) is 11.4 Å². The summed E-state index contributed by atoms with van der Waals surface area (Å²) in [5.74, 6) is -1.66. The van der Waals surface area contributed by atoms with E-state index in [1.807, 2.05) is 0 Å². The van der Waals surface area contributed by atoms with Crippen LogP contribution in [0, 0.1) is 5.82 Å². The number of carboxylic acid groups (broad SMARTS) is 1. The number of hydrogen-bond donors (Lipinski definition) is 2. The van der Waals surface area contributed by atoms with Gasteiger partial charge in [0.05, 0.1) is 0 Å². The van der Waals surface area contributed by atoms with Crippen molar-refractivity contribution in [1.82, 2.24) is 4.98 Å². The molecule has 0 saturated carbocycles. The van der Waals surface area contributed by atoms with E-state index >= 15 is 0 Å². The maximum Gasteiger partial charge on any atom is 0.341 e. The molecule has 2 N–H and O–H groups in total. The lowest BCUT2D eigenvalue weighted by molar-refractivity contribution is 0.0695. The number of carboxylic acids is 1. The lowest BCUT2D eigenvalue weighted by Crippen LogP contribution is -2.17. The number of pyridine rings is 1. The zero-order chi connectivity index (χ0) is 12.4. The molecule has 0 radical (unpaired) electrons. The first-order valence-electron chi connectivity index (χ1n) is 4.80. The van der Waals surface area contributed by atoms with Crippen molar-refractivity contribution in [2.75, 3.05) is 0 Å². The summed E-state index contributed by atoms with van der Waals surface area (Å²) >= 11 is 0. The third kappa shape index (κ3) is 2.23. The van der Waals surface area contributed by atoms with E-state index in [9.17, 15) is 14.0 Å². The molecule has 0 spiro atoms. The first-order valence-corrected chi connectivity index (χ1v) is 4.80. The number of aromatic amines is 1. The van der Waals surface area contributed by atoms with Crippen LogP contribution in [-0.4, -0.2) is 16.1 Å². The molecule has 2 rings (SSSR count). The Morgan fingerprint density at radius 2 is 1.76 bits per heavy atom. The van der Waals surface area contributed by atoms with Gasteiger partial charge in [-0.1, -0.05) is 0 Å². The molecule has 0 aliphatic carbocycles. The van der Waals surface area contributed by atoms with Crippen molar-refractivity contribution in [3.05, 3.63) is 58.1 Å². The van der Waals surface area contributed by atoms with Crippen LogP contribution in [0.5, 0.6) is 0 Å². The Balaban J connectivity index is 2.48. The fourth-order valence-electron chi connectivity index (χ4n) is 1.44. The molecule has 4 nitrogen and oxygen atoms in total. The number of halogens is 1. The van der Waals surface area contributed by atoms with Gasteiger partial charge in [-0.3, -0.25) is 4.79 Å². The van der Waals surface area contributed by atoms with Crippen molar-refractivity contribution in [1.29, 1.82) is 0 Å². The maximum atomic E-state index is 12.7. The number of nitrogens with one attached hydrogen (secondary N) is 1. The molecule has 0 amide bonds. The largest absolute Gasteiger partial charge is 0.477 e. The second-order valence-electron chi connectivity index (χ2n) is 3.43. The van der Waals surface area contributed by atoms with Gasteiger partial charge in [0.15, 0.2) is 0 Å². The smallest absolute Gasteiger partial charge is 0.341 e. The summed E-state index contributed by atoms with van der Waals surface area (Å²) in [6, 6.07) is 8.22. The zero-order valence-corrected chi connectivity index (χ0v) is 8.61. The number of carbonyl (C=O) groups is 1. The van der Waals surface area contributed by atoms with Gasteiger partial charge >= 0.3 is 5.97 Å². The van der Waals surface area contributed by atoms with Crippen LogP contribution in [0.25, 0.3) is 11.3 Å². The number of aromatic nitrogens is 1. The van der Waals surface area contributed by atoms with Gasteiger partial charge in [0.25, 0.3) is 5.56 Å². The molecule has 17 heavy (non-hydrogen) atoms. The van der Waals surface area contributed by atoms with Gasteiger partial charge < -0.3 is 10.1 Å². The Morgan fingerprint density at radius 1 is 1.12 bits per heavy atom. The monoisotopic (exact) mass is 233 g/mol. The minimum absolute atomic E-state index is 0.323. The predicted molar refractivity (Wildman–Crippen MR) is 59.4 cm³/mol. The van der Waals surface area contributed by atoms with Gasteiger partial charge in [0.2, 0.25) is 0 Å². The molecule has 1 aromatic carbocycles. The third-order valence-corrected chi connectivity index (χ3v) is 2.30. The van der Waals surface area contributed by atoms with Crippen LogP contribution in [0.15, 0.2) is 41.2 Å². The van der Waals surface area contributed by atoms with Crippen LogP contribution in [-0.2, 0) is 0 Å². The Hall–Kier alpha value is -2.43. The predicted octanol–water partition coefficient (Wildman–Crippen LogP) is 1.88. The van der Waals surface area contributed by atoms with Gasteiger partial charge in [-0.15, -0.1) is 0 Å². The lowest BCUT2D eigenvalue weighted by Gasteiger charge is -2.02. The second-order valence-corrected chi connectivity index (χ2v) is 3.43. The van der Waals surface area contributed by atoms with Crippen LogP contribution in [0.4, 0.5) is 4.39 Å². The third-order valence-electron chi connectivity index (χ3n) is 2.30. The summed E-state index contributed by atoms with van der Waals surface area (Å²) in [7, 11) is 0. The molecular weight excluding hydrogens is 225 g/mol. The van der Waals surface area contributed by atoms with Crippen molar-refractivity contribution in [2.45, 2.75) is 0 Å². The van der Waals surface area contributed by atoms with Gasteiger partial charge in [0, 0.05) is 5.69 Å². The molecule has 1 aromatic heterocycles. The lowest BCUT2D eigenvalue weighted by atomic mass is 10.1. The highest BCUT2D eigenvalue weighted by molar-refractivity contribution is 5.87. The van der Waals surface area contributed by atoms with Crippen LogP contribution < -0.4 is 5.56 Å². The molecular formula is C12H8FNO3. The molecule has 1 heterocycles. The van der Waals surface area contributed by atoms with E-state index < -0.39 is 11.5 Å². The Labute approximate surface area is 95.4 Å². The molecule has 0 aliphatic rings. The first-order chi connectivity index (χ1) is 8.08. The molecule has 0 saturated heterocycles. The zero-order valence-electron chi connectivity index (χ0n) is 8.61. The summed E-state index contributed by atoms with van der Waals surface area (Å²) < 4.78 is 12.7. The normalized spacial score (nSPS) is 10.2. The van der Waals surface area contributed by atoms with Crippen LogP contribution in [0.1, 0.15) is 10.4 Å². The van der Waals surface area contributed by atoms with E-state index in [4.69, 9.17) is 5.11 Å². The van der Waals surface area contributed by atoms with Crippen LogP contribution >= 0.6 is 0 Å². The van der Waals surface area contributed by atoms with Crippen molar-refractivity contribution in [2.24, 2.45) is 0 Å². The van der Waals surface area contributed by atoms with Crippen LogP contribution in [0.3, 0.4) is 0 Å². The highest BCUT2D eigenvalue weighted by atomic mass is 19.1. The van der Waals surface area contributed by atoms with Crippen LogP contribution in [0.2, 0.25) is 0 Å². The second kappa shape index (κ2) is 4.21. The average molecular weight is 233 g/mol. The summed E-state index contributed by atoms with van der Waals surface area (Å²) in [5.41, 5.74) is 0.0515. The maximum absolute atomic E-state index is 12.7. The highest BCUT2D eigenvalue weighted by Gasteiger charge is 2.09. The average Bonchev–Trinajstić information content (AvgIpc) is 2.29. The number of H-pyrrole nitrogens is 1. The highest BCUT2D eigenvalue weighted by Crippen LogP contribution is 2.15. The first kappa shape index (κ1) is 11.1. The van der Waals surface area contributed by atoms with Gasteiger partial charge in [-0.2, -0.15) is 0 Å². The summed E-state index contributed by atoms with van der Waals surface area (Å²) in [6.07, 6.45) is 0. The molecule has 0 fully saturated rings. The number of rotatable bonds is 2. The standard InChI is InChI=1S/C12H8FNO3/c13-8-3-1-7(2-4-8)10-6-5-9(12(16)17)11(15)14-10/h1-6H,(H,14,15)(H,16,17). The molecule has 86 valence electrons. The molecule has 0 unspecified atom stereocenters. The van der Waals surface area contributed by atoms with Crippen molar-refractivity contribution < 1.29 is 14.3 Å². The number of aromatic carboxylic acids is 1. The molecule has 2 aromatic rings. The SMILES string of the molecule is O=C(O)c1ccc(-c2ccc(F)cc2)[nH]c1=O. The van der Waals surface area contributed by atoms with E-state index in [-0.39, 0.29) is 11.4 Å².